The number of fused-ring (bicyclic) bond motifs is 2. The molecule has 2 heterocycles. The number of hydrogen-bond donors (Lipinski definition) is 1. The Kier molecular flexibility index (Phi) is 4.45. The van der Waals surface area contributed by atoms with E-state index in [1.54, 1.807) is 23.4 Å². The van der Waals surface area contributed by atoms with E-state index in [2.05, 4.69) is 23.2 Å². The van der Waals surface area contributed by atoms with Crippen LogP contribution in [0.4, 0.5) is 5.69 Å². The van der Waals surface area contributed by atoms with Crippen LogP contribution >= 0.6 is 0 Å². The Hall–Kier alpha value is -3.03. The Morgan fingerprint density at radius 1 is 0.933 bits per heavy atom. The fourth-order valence-electron chi connectivity index (χ4n) is 4.50. The van der Waals surface area contributed by atoms with Crippen molar-refractivity contribution < 1.29 is 13.2 Å². The van der Waals surface area contributed by atoms with Gasteiger partial charge in [-0.05, 0) is 71.3 Å². The predicted octanol–water partition coefficient (Wildman–Crippen LogP) is 2.70. The minimum atomic E-state index is -3.81. The largest absolute Gasteiger partial charge is 0.312 e. The van der Waals surface area contributed by atoms with E-state index >= 15 is 0 Å². The lowest BCUT2D eigenvalue weighted by Crippen LogP contribution is -2.35. The van der Waals surface area contributed by atoms with E-state index in [0.29, 0.717) is 25.1 Å². The molecule has 0 fully saturated rings. The first-order valence-electron chi connectivity index (χ1n) is 9.89. The molecular formula is C23H21N3O3S. The van der Waals surface area contributed by atoms with Gasteiger partial charge in [0, 0.05) is 30.5 Å². The monoisotopic (exact) mass is 419 g/mol. The van der Waals surface area contributed by atoms with Crippen LogP contribution < -0.4 is 10.0 Å². The van der Waals surface area contributed by atoms with Crippen molar-refractivity contribution in [1.82, 2.24) is 4.98 Å². The molecule has 152 valence electrons. The second-order valence-electron chi connectivity index (χ2n) is 7.90. The molecule has 1 aliphatic heterocycles. The number of pyridine rings is 1. The molecule has 1 aromatic heterocycles. The summed E-state index contributed by atoms with van der Waals surface area (Å²) in [5.74, 6) is -0.0984. The molecule has 2 aromatic carbocycles. The Bertz CT molecular complexity index is 1260. The van der Waals surface area contributed by atoms with Crippen LogP contribution in [0.5, 0.6) is 0 Å². The summed E-state index contributed by atoms with van der Waals surface area (Å²) in [6.45, 7) is 0.567. The molecule has 30 heavy (non-hydrogen) atoms. The Morgan fingerprint density at radius 2 is 1.67 bits per heavy atom. The van der Waals surface area contributed by atoms with Gasteiger partial charge in [-0.2, -0.15) is 0 Å². The summed E-state index contributed by atoms with van der Waals surface area (Å²) in [6.07, 6.45) is 5.65. The number of hydrogen-bond acceptors (Lipinski definition) is 4. The molecule has 1 unspecified atom stereocenters. The van der Waals surface area contributed by atoms with E-state index in [1.165, 1.54) is 23.3 Å². The zero-order chi connectivity index (χ0) is 20.9. The predicted molar refractivity (Wildman–Crippen MR) is 114 cm³/mol. The summed E-state index contributed by atoms with van der Waals surface area (Å²) in [5.41, 5.74) is 6.26. The highest BCUT2D eigenvalue weighted by Crippen LogP contribution is 2.36. The van der Waals surface area contributed by atoms with Crippen LogP contribution in [-0.2, 0) is 34.1 Å². The number of carbonyl (C=O) groups is 1. The molecule has 3 aromatic rings. The molecule has 1 atom stereocenters. The second-order valence-corrected chi connectivity index (χ2v) is 9.46. The third kappa shape index (κ3) is 3.30. The molecule has 0 radical (unpaired) electrons. The van der Waals surface area contributed by atoms with Crippen molar-refractivity contribution in [3.05, 3.63) is 77.6 Å². The SMILES string of the molecule is NS(=O)(=O)c1ccc2c(c1)N(C(=O)C1Cc3ccc(-c4ccncc4)cc3C1)CC2. The average Bonchev–Trinajstić information content (AvgIpc) is 3.36. The number of benzene rings is 2. The highest BCUT2D eigenvalue weighted by molar-refractivity contribution is 7.89. The molecule has 2 aliphatic rings. The van der Waals surface area contributed by atoms with Gasteiger partial charge in [-0.15, -0.1) is 0 Å². The van der Waals surface area contributed by atoms with Gasteiger partial charge in [0.05, 0.1) is 4.90 Å². The Balaban J connectivity index is 1.40. The highest BCUT2D eigenvalue weighted by Gasteiger charge is 2.34. The summed E-state index contributed by atoms with van der Waals surface area (Å²) >= 11 is 0. The number of primary sulfonamides is 1. The quantitative estimate of drug-likeness (QED) is 0.706. The van der Waals surface area contributed by atoms with Crippen molar-refractivity contribution in [3.63, 3.8) is 0 Å². The summed E-state index contributed by atoms with van der Waals surface area (Å²) in [6, 6.07) is 15.1. The van der Waals surface area contributed by atoms with E-state index in [1.807, 2.05) is 12.1 Å². The number of amides is 1. The first kappa shape index (κ1) is 19.0. The van der Waals surface area contributed by atoms with Gasteiger partial charge in [0.1, 0.15) is 0 Å². The van der Waals surface area contributed by atoms with Gasteiger partial charge >= 0.3 is 0 Å². The molecule has 6 nitrogen and oxygen atoms in total. The van der Waals surface area contributed by atoms with Gasteiger partial charge in [-0.1, -0.05) is 24.3 Å². The number of rotatable bonds is 3. The molecule has 7 heteroatoms. The average molecular weight is 420 g/mol. The van der Waals surface area contributed by atoms with Crippen molar-refractivity contribution >= 4 is 21.6 Å². The Labute approximate surface area is 175 Å². The van der Waals surface area contributed by atoms with E-state index in [9.17, 15) is 13.2 Å². The molecule has 0 saturated carbocycles. The molecule has 1 amide bonds. The molecule has 5 rings (SSSR count). The maximum absolute atomic E-state index is 13.3. The van der Waals surface area contributed by atoms with Crippen LogP contribution in [0.1, 0.15) is 16.7 Å². The number of sulfonamides is 1. The van der Waals surface area contributed by atoms with Crippen LogP contribution in [0, 0.1) is 5.92 Å². The lowest BCUT2D eigenvalue weighted by Gasteiger charge is -2.21. The van der Waals surface area contributed by atoms with Crippen LogP contribution in [-0.4, -0.2) is 25.9 Å². The smallest absolute Gasteiger partial charge is 0.238 e. The van der Waals surface area contributed by atoms with Crippen molar-refractivity contribution in [1.29, 1.82) is 0 Å². The third-order valence-corrected chi connectivity index (χ3v) is 6.96. The fourth-order valence-corrected chi connectivity index (χ4v) is 5.04. The third-order valence-electron chi connectivity index (χ3n) is 6.05. The highest BCUT2D eigenvalue weighted by atomic mass is 32.2. The fraction of sp³-hybridized carbons (Fsp3) is 0.217. The Morgan fingerprint density at radius 3 is 2.43 bits per heavy atom. The van der Waals surface area contributed by atoms with Gasteiger partial charge in [-0.25, -0.2) is 13.6 Å². The van der Waals surface area contributed by atoms with Gasteiger partial charge in [-0.3, -0.25) is 9.78 Å². The standard InChI is InChI=1S/C23H21N3O3S/c24-30(28,29)21-4-3-16-7-10-26(22(16)14-21)23(27)20-12-18-2-1-17(11-19(18)13-20)15-5-8-25-9-6-15/h1-6,8-9,11,14,20H,7,10,12-13H2,(H2,24,28,29). The maximum Gasteiger partial charge on any atom is 0.238 e. The zero-order valence-corrected chi connectivity index (χ0v) is 17.1. The van der Waals surface area contributed by atoms with Crippen molar-refractivity contribution in [2.45, 2.75) is 24.2 Å². The first-order chi connectivity index (χ1) is 14.4. The lowest BCUT2D eigenvalue weighted by atomic mass is 10.0. The van der Waals surface area contributed by atoms with E-state index in [-0.39, 0.29) is 16.7 Å². The molecule has 0 bridgehead atoms. The summed E-state index contributed by atoms with van der Waals surface area (Å²) in [4.78, 5) is 19.2. The second kappa shape index (κ2) is 7.04. The number of anilines is 1. The van der Waals surface area contributed by atoms with Gasteiger partial charge in [0.15, 0.2) is 0 Å². The van der Waals surface area contributed by atoms with Gasteiger partial charge < -0.3 is 4.90 Å². The molecule has 2 N–H and O–H groups in total. The van der Waals surface area contributed by atoms with Crippen LogP contribution in [0.2, 0.25) is 0 Å². The van der Waals surface area contributed by atoms with Crippen LogP contribution in [0.15, 0.2) is 65.8 Å². The summed E-state index contributed by atoms with van der Waals surface area (Å²) < 4.78 is 23.5. The van der Waals surface area contributed by atoms with Crippen molar-refractivity contribution in [2.75, 3.05) is 11.4 Å². The van der Waals surface area contributed by atoms with Crippen LogP contribution in [0.3, 0.4) is 0 Å². The number of nitrogens with two attached hydrogens (primary N) is 1. The van der Waals surface area contributed by atoms with Crippen molar-refractivity contribution in [2.24, 2.45) is 11.1 Å². The van der Waals surface area contributed by atoms with Gasteiger partial charge in [0.2, 0.25) is 15.9 Å². The normalized spacial score (nSPS) is 17.6. The molecule has 0 spiro atoms. The minimum absolute atomic E-state index is 0.0395. The maximum atomic E-state index is 13.3. The van der Waals surface area contributed by atoms with E-state index in [4.69, 9.17) is 5.14 Å². The minimum Gasteiger partial charge on any atom is -0.312 e. The van der Waals surface area contributed by atoms with Crippen LogP contribution in [0.25, 0.3) is 11.1 Å². The lowest BCUT2D eigenvalue weighted by molar-refractivity contribution is -0.122. The van der Waals surface area contributed by atoms with Crippen molar-refractivity contribution in [3.8, 4) is 11.1 Å². The van der Waals surface area contributed by atoms with E-state index in [0.717, 1.165) is 23.1 Å². The number of carbonyl (C=O) groups excluding carboxylic acids is 1. The number of nitrogens with zero attached hydrogens (tertiary/aromatic N) is 2. The van der Waals surface area contributed by atoms with E-state index < -0.39 is 10.0 Å². The summed E-state index contributed by atoms with van der Waals surface area (Å²) in [5, 5.41) is 5.28. The number of aromatic nitrogens is 1. The zero-order valence-electron chi connectivity index (χ0n) is 16.3. The molecular weight excluding hydrogens is 398 g/mol. The topological polar surface area (TPSA) is 93.4 Å². The molecule has 1 aliphatic carbocycles. The molecule has 0 saturated heterocycles. The van der Waals surface area contributed by atoms with Gasteiger partial charge in [0.25, 0.3) is 0 Å². The summed E-state index contributed by atoms with van der Waals surface area (Å²) in [7, 11) is -3.81. The first-order valence-corrected chi connectivity index (χ1v) is 11.4.